The number of rotatable bonds is 5. The molecule has 0 unspecified atom stereocenters. The highest BCUT2D eigenvalue weighted by molar-refractivity contribution is 7.99. The molecule has 1 aliphatic carbocycles. The number of hydrogen-bond acceptors (Lipinski definition) is 6. The summed E-state index contributed by atoms with van der Waals surface area (Å²) in [4.78, 5) is 23.8. The first-order valence-corrected chi connectivity index (χ1v) is 9.19. The van der Waals surface area contributed by atoms with Crippen LogP contribution in [0.15, 0.2) is 29.4 Å². The van der Waals surface area contributed by atoms with Crippen molar-refractivity contribution < 1.29 is 9.59 Å². The number of carbonyl (C=O) groups excluding carboxylic acids is 2. The van der Waals surface area contributed by atoms with Gasteiger partial charge in [-0.15, -0.1) is 5.10 Å². The molecule has 2 aromatic rings. The molecule has 1 heterocycles. The second-order valence-corrected chi connectivity index (χ2v) is 6.89. The maximum atomic E-state index is 12.0. The first-order chi connectivity index (χ1) is 12.1. The minimum Gasteiger partial charge on any atom is -0.335 e. The molecule has 1 aromatic heterocycles. The number of nitrogens with zero attached hydrogens (tertiary/aromatic N) is 4. The Morgan fingerprint density at radius 2 is 2.04 bits per heavy atom. The quantitative estimate of drug-likeness (QED) is 0.789. The molecule has 2 N–H and O–H groups in total. The highest BCUT2D eigenvalue weighted by Crippen LogP contribution is 2.20. The van der Waals surface area contributed by atoms with Crippen LogP contribution in [0.4, 0.5) is 4.79 Å². The van der Waals surface area contributed by atoms with Gasteiger partial charge in [-0.3, -0.25) is 10.1 Å². The summed E-state index contributed by atoms with van der Waals surface area (Å²) in [6.45, 7) is 1.96. The molecular weight excluding hydrogens is 340 g/mol. The van der Waals surface area contributed by atoms with E-state index in [-0.39, 0.29) is 17.7 Å². The molecule has 1 aliphatic rings. The predicted molar refractivity (Wildman–Crippen MR) is 93.5 cm³/mol. The molecule has 1 fully saturated rings. The molecule has 132 valence electrons. The fourth-order valence-electron chi connectivity index (χ4n) is 2.81. The Kier molecular flexibility index (Phi) is 5.64. The van der Waals surface area contributed by atoms with Crippen molar-refractivity contribution >= 4 is 23.7 Å². The maximum absolute atomic E-state index is 12.0. The second kappa shape index (κ2) is 8.11. The highest BCUT2D eigenvalue weighted by atomic mass is 32.2. The molecular formula is C16H20N6O2S. The monoisotopic (exact) mass is 360 g/mol. The number of para-hydroxylation sites is 1. The zero-order valence-corrected chi connectivity index (χ0v) is 14.8. The molecule has 0 spiro atoms. The predicted octanol–water partition coefficient (Wildman–Crippen LogP) is 1.83. The average molecular weight is 360 g/mol. The average Bonchev–Trinajstić information content (AvgIpc) is 3.25. The maximum Gasteiger partial charge on any atom is 0.321 e. The summed E-state index contributed by atoms with van der Waals surface area (Å²) in [5, 5.41) is 17.3. The van der Waals surface area contributed by atoms with E-state index in [1.165, 1.54) is 11.8 Å². The molecule has 9 heteroatoms. The fourth-order valence-corrected chi connectivity index (χ4v) is 3.49. The van der Waals surface area contributed by atoms with Gasteiger partial charge in [-0.1, -0.05) is 42.8 Å². The molecule has 0 saturated heterocycles. The van der Waals surface area contributed by atoms with Gasteiger partial charge in [0, 0.05) is 6.04 Å². The van der Waals surface area contributed by atoms with Gasteiger partial charge >= 0.3 is 6.03 Å². The molecule has 25 heavy (non-hydrogen) atoms. The zero-order valence-electron chi connectivity index (χ0n) is 13.9. The van der Waals surface area contributed by atoms with Crippen LogP contribution in [-0.4, -0.2) is 43.9 Å². The number of nitrogens with one attached hydrogen (secondary N) is 2. The minimum atomic E-state index is -0.434. The molecule has 3 rings (SSSR count). The van der Waals surface area contributed by atoms with Crippen molar-refractivity contribution in [3.63, 3.8) is 0 Å². The summed E-state index contributed by atoms with van der Waals surface area (Å²) < 4.78 is 1.59. The van der Waals surface area contributed by atoms with Crippen molar-refractivity contribution in [2.45, 2.75) is 43.8 Å². The SMILES string of the molecule is Cc1ccccc1-n1nnnc1SCC(=O)NC(=O)NC1CCCC1. The van der Waals surface area contributed by atoms with E-state index in [0.29, 0.717) is 5.16 Å². The smallest absolute Gasteiger partial charge is 0.321 e. The normalized spacial score (nSPS) is 14.4. The minimum absolute atomic E-state index is 0.0599. The van der Waals surface area contributed by atoms with E-state index < -0.39 is 6.03 Å². The molecule has 8 nitrogen and oxygen atoms in total. The van der Waals surface area contributed by atoms with Gasteiger partial charge in [-0.2, -0.15) is 4.68 Å². The third kappa shape index (κ3) is 4.56. The van der Waals surface area contributed by atoms with Crippen molar-refractivity contribution in [3.8, 4) is 5.69 Å². The zero-order chi connectivity index (χ0) is 17.6. The first kappa shape index (κ1) is 17.4. The van der Waals surface area contributed by atoms with E-state index in [0.717, 1.165) is 36.9 Å². The highest BCUT2D eigenvalue weighted by Gasteiger charge is 2.19. The lowest BCUT2D eigenvalue weighted by Crippen LogP contribution is -2.44. The van der Waals surface area contributed by atoms with E-state index in [9.17, 15) is 9.59 Å². The number of benzene rings is 1. The number of amides is 3. The van der Waals surface area contributed by atoms with Crippen LogP contribution < -0.4 is 10.6 Å². The molecule has 3 amide bonds. The summed E-state index contributed by atoms with van der Waals surface area (Å²) in [5.41, 5.74) is 1.88. The summed E-state index contributed by atoms with van der Waals surface area (Å²) >= 11 is 1.18. The Hall–Kier alpha value is -2.42. The summed E-state index contributed by atoms with van der Waals surface area (Å²) in [7, 11) is 0. The lowest BCUT2D eigenvalue weighted by atomic mass is 10.2. The fraction of sp³-hybridized carbons (Fsp3) is 0.438. The number of tetrazole rings is 1. The lowest BCUT2D eigenvalue weighted by molar-refractivity contribution is -0.117. The molecule has 0 bridgehead atoms. The van der Waals surface area contributed by atoms with E-state index in [2.05, 4.69) is 26.2 Å². The Morgan fingerprint density at radius 1 is 1.28 bits per heavy atom. The van der Waals surface area contributed by atoms with Crippen LogP contribution in [0.1, 0.15) is 31.2 Å². The number of aryl methyl sites for hydroxylation is 1. The van der Waals surface area contributed by atoms with Crippen LogP contribution in [0.2, 0.25) is 0 Å². The van der Waals surface area contributed by atoms with Gasteiger partial charge in [0.05, 0.1) is 11.4 Å². The van der Waals surface area contributed by atoms with Crippen molar-refractivity contribution in [1.82, 2.24) is 30.8 Å². The number of imide groups is 1. The Bertz CT molecular complexity index is 757. The van der Waals surface area contributed by atoms with E-state index >= 15 is 0 Å². The van der Waals surface area contributed by atoms with Crippen molar-refractivity contribution in [3.05, 3.63) is 29.8 Å². The van der Waals surface area contributed by atoms with Crippen LogP contribution in [0.3, 0.4) is 0 Å². The third-order valence-electron chi connectivity index (χ3n) is 4.06. The van der Waals surface area contributed by atoms with Crippen molar-refractivity contribution in [2.24, 2.45) is 0 Å². The lowest BCUT2D eigenvalue weighted by Gasteiger charge is -2.12. The van der Waals surface area contributed by atoms with Crippen LogP contribution >= 0.6 is 11.8 Å². The van der Waals surface area contributed by atoms with E-state index in [4.69, 9.17) is 0 Å². The van der Waals surface area contributed by atoms with Crippen LogP contribution in [0.5, 0.6) is 0 Å². The Labute approximate surface area is 149 Å². The van der Waals surface area contributed by atoms with Crippen molar-refractivity contribution in [1.29, 1.82) is 0 Å². The largest absolute Gasteiger partial charge is 0.335 e. The van der Waals surface area contributed by atoms with Crippen molar-refractivity contribution in [2.75, 3.05) is 5.75 Å². The Morgan fingerprint density at radius 3 is 2.80 bits per heavy atom. The van der Waals surface area contributed by atoms with E-state index in [1.807, 2.05) is 31.2 Å². The van der Waals surface area contributed by atoms with Gasteiger partial charge in [0.25, 0.3) is 0 Å². The second-order valence-electron chi connectivity index (χ2n) is 5.95. The number of urea groups is 1. The number of hydrogen-bond donors (Lipinski definition) is 2. The van der Waals surface area contributed by atoms with Crippen LogP contribution in [0.25, 0.3) is 5.69 Å². The summed E-state index contributed by atoms with van der Waals surface area (Å²) in [5.74, 6) is -0.315. The standard InChI is InChI=1S/C16H20N6O2S/c1-11-6-2-5-9-13(11)22-16(19-20-21-22)25-10-14(23)18-15(24)17-12-7-3-4-8-12/h2,5-6,9,12H,3-4,7-8,10H2,1H3,(H2,17,18,23,24). The van der Waals surface area contributed by atoms with Gasteiger partial charge in [0.15, 0.2) is 0 Å². The molecule has 1 aromatic carbocycles. The first-order valence-electron chi connectivity index (χ1n) is 8.21. The Balaban J connectivity index is 1.54. The van der Waals surface area contributed by atoms with Gasteiger partial charge in [-0.25, -0.2) is 4.79 Å². The van der Waals surface area contributed by atoms with Gasteiger partial charge < -0.3 is 5.32 Å². The third-order valence-corrected chi connectivity index (χ3v) is 4.98. The summed E-state index contributed by atoms with van der Waals surface area (Å²) in [6.07, 6.45) is 4.19. The van der Waals surface area contributed by atoms with Crippen LogP contribution in [0, 0.1) is 6.92 Å². The van der Waals surface area contributed by atoms with E-state index in [1.54, 1.807) is 4.68 Å². The summed E-state index contributed by atoms with van der Waals surface area (Å²) in [6, 6.07) is 7.45. The van der Waals surface area contributed by atoms with Gasteiger partial charge in [-0.05, 0) is 41.8 Å². The van der Waals surface area contributed by atoms with Crippen LogP contribution in [-0.2, 0) is 4.79 Å². The number of aromatic nitrogens is 4. The molecule has 0 radical (unpaired) electrons. The molecule has 0 aliphatic heterocycles. The number of carbonyl (C=O) groups is 2. The topological polar surface area (TPSA) is 102 Å². The molecule has 0 atom stereocenters. The number of thioether (sulfide) groups is 1. The van der Waals surface area contributed by atoms with Gasteiger partial charge in [0.1, 0.15) is 0 Å². The molecule has 1 saturated carbocycles. The van der Waals surface area contributed by atoms with Gasteiger partial charge in [0.2, 0.25) is 11.1 Å².